The molecule has 2 aromatic carbocycles. The summed E-state index contributed by atoms with van der Waals surface area (Å²) in [6, 6.07) is 15.6. The monoisotopic (exact) mass is 398 g/mol. The number of nitrogens with one attached hydrogen (secondary N) is 2. The zero-order valence-corrected chi connectivity index (χ0v) is 16.5. The van der Waals surface area contributed by atoms with Crippen molar-refractivity contribution in [2.75, 3.05) is 31.5 Å². The van der Waals surface area contributed by atoms with Crippen LogP contribution in [0.5, 0.6) is 0 Å². The standard InChI is InChI=1S/C23H22N6O/c30-22(29-11-9-24-10-12-29)16-5-7-19(8-6-16)27-23-26-15-18-14-25-13-17-3-1-2-4-20(17)21(18)28-23/h1-8,13,15,24H,9-12,14H2,(H,26,27,28). The lowest BCUT2D eigenvalue weighted by molar-refractivity contribution is 0.0736. The Kier molecular flexibility index (Phi) is 4.94. The maximum absolute atomic E-state index is 12.6. The Balaban J connectivity index is 1.36. The molecule has 0 bridgehead atoms. The molecular weight excluding hydrogens is 376 g/mol. The highest BCUT2D eigenvalue weighted by atomic mass is 16.2. The molecule has 7 heteroatoms. The van der Waals surface area contributed by atoms with Gasteiger partial charge < -0.3 is 15.5 Å². The van der Waals surface area contributed by atoms with Crippen molar-refractivity contribution in [1.82, 2.24) is 20.2 Å². The summed E-state index contributed by atoms with van der Waals surface area (Å²) in [6.07, 6.45) is 3.71. The van der Waals surface area contributed by atoms with Crippen LogP contribution in [0.25, 0.3) is 11.3 Å². The van der Waals surface area contributed by atoms with E-state index in [-0.39, 0.29) is 5.91 Å². The number of anilines is 2. The second-order valence-corrected chi connectivity index (χ2v) is 7.37. The van der Waals surface area contributed by atoms with Gasteiger partial charge in [-0.2, -0.15) is 0 Å². The smallest absolute Gasteiger partial charge is 0.253 e. The molecule has 150 valence electrons. The normalized spacial score (nSPS) is 15.1. The number of aliphatic imine (C=N–C) groups is 1. The van der Waals surface area contributed by atoms with Gasteiger partial charge in [0.1, 0.15) is 0 Å². The predicted molar refractivity (Wildman–Crippen MR) is 117 cm³/mol. The molecule has 7 nitrogen and oxygen atoms in total. The van der Waals surface area contributed by atoms with Crippen molar-refractivity contribution in [2.45, 2.75) is 6.54 Å². The molecule has 2 aliphatic heterocycles. The average Bonchev–Trinajstić information content (AvgIpc) is 2.99. The van der Waals surface area contributed by atoms with Crippen molar-refractivity contribution in [3.05, 3.63) is 71.4 Å². The van der Waals surface area contributed by atoms with Crippen molar-refractivity contribution >= 4 is 23.8 Å². The van der Waals surface area contributed by atoms with Crippen LogP contribution in [0.1, 0.15) is 21.5 Å². The number of piperazine rings is 1. The summed E-state index contributed by atoms with van der Waals surface area (Å²) >= 11 is 0. The molecule has 1 saturated heterocycles. The summed E-state index contributed by atoms with van der Waals surface area (Å²) in [5.74, 6) is 0.590. The topological polar surface area (TPSA) is 82.5 Å². The first-order valence-corrected chi connectivity index (χ1v) is 10.1. The van der Waals surface area contributed by atoms with Crippen molar-refractivity contribution < 1.29 is 4.79 Å². The van der Waals surface area contributed by atoms with E-state index in [2.05, 4.69) is 26.7 Å². The third kappa shape index (κ3) is 3.67. The van der Waals surface area contributed by atoms with Gasteiger partial charge in [-0.1, -0.05) is 24.3 Å². The third-order valence-electron chi connectivity index (χ3n) is 5.36. The zero-order valence-electron chi connectivity index (χ0n) is 16.5. The molecule has 2 N–H and O–H groups in total. The molecule has 1 amide bonds. The molecule has 0 spiro atoms. The van der Waals surface area contributed by atoms with Crippen LogP contribution in [-0.4, -0.2) is 53.2 Å². The number of amides is 1. The SMILES string of the molecule is O=C(c1ccc(Nc2ncc3c(n2)-c2ccccc2C=NC3)cc1)N1CCNCC1. The van der Waals surface area contributed by atoms with Crippen molar-refractivity contribution in [3.8, 4) is 11.3 Å². The highest BCUT2D eigenvalue weighted by molar-refractivity contribution is 5.95. The lowest BCUT2D eigenvalue weighted by atomic mass is 10.0. The minimum absolute atomic E-state index is 0.0703. The molecule has 5 rings (SSSR count). The number of hydrogen-bond acceptors (Lipinski definition) is 6. The first kappa shape index (κ1) is 18.4. The molecule has 30 heavy (non-hydrogen) atoms. The summed E-state index contributed by atoms with van der Waals surface area (Å²) in [6.45, 7) is 3.73. The van der Waals surface area contributed by atoms with Gasteiger partial charge >= 0.3 is 0 Å². The van der Waals surface area contributed by atoms with Gasteiger partial charge in [0.25, 0.3) is 5.91 Å². The van der Waals surface area contributed by atoms with Crippen LogP contribution in [0.3, 0.4) is 0 Å². The van der Waals surface area contributed by atoms with Gasteiger partial charge in [0.15, 0.2) is 0 Å². The maximum atomic E-state index is 12.6. The molecule has 3 aromatic rings. The van der Waals surface area contributed by atoms with Crippen LogP contribution in [0.15, 0.2) is 59.7 Å². The summed E-state index contributed by atoms with van der Waals surface area (Å²) in [7, 11) is 0. The molecule has 0 aliphatic carbocycles. The van der Waals surface area contributed by atoms with E-state index in [1.54, 1.807) is 0 Å². The number of hydrogen-bond donors (Lipinski definition) is 2. The third-order valence-corrected chi connectivity index (χ3v) is 5.36. The number of aromatic nitrogens is 2. The van der Waals surface area contributed by atoms with Crippen molar-refractivity contribution in [1.29, 1.82) is 0 Å². The van der Waals surface area contributed by atoms with E-state index < -0.39 is 0 Å². The Bertz CT molecular complexity index is 1100. The zero-order chi connectivity index (χ0) is 20.3. The Hall–Kier alpha value is -3.58. The number of carbonyl (C=O) groups is 1. The predicted octanol–water partition coefficient (Wildman–Crippen LogP) is 2.87. The van der Waals surface area contributed by atoms with E-state index >= 15 is 0 Å². The largest absolute Gasteiger partial charge is 0.336 e. The lowest BCUT2D eigenvalue weighted by Crippen LogP contribution is -2.46. The minimum Gasteiger partial charge on any atom is -0.336 e. The van der Waals surface area contributed by atoms with Crippen LogP contribution >= 0.6 is 0 Å². The number of carbonyl (C=O) groups excluding carboxylic acids is 1. The minimum atomic E-state index is 0.0703. The Labute approximate surface area is 174 Å². The first-order chi connectivity index (χ1) is 14.8. The molecule has 0 atom stereocenters. The number of rotatable bonds is 3. The average molecular weight is 398 g/mol. The molecule has 1 fully saturated rings. The van der Waals surface area contributed by atoms with Crippen LogP contribution in [0, 0.1) is 0 Å². The van der Waals surface area contributed by atoms with Gasteiger partial charge in [-0.15, -0.1) is 0 Å². The van der Waals surface area contributed by atoms with Gasteiger partial charge in [0.05, 0.1) is 12.2 Å². The maximum Gasteiger partial charge on any atom is 0.253 e. The van der Waals surface area contributed by atoms with E-state index in [9.17, 15) is 4.79 Å². The van der Waals surface area contributed by atoms with Crippen molar-refractivity contribution in [2.24, 2.45) is 4.99 Å². The van der Waals surface area contributed by atoms with Gasteiger partial charge in [-0.25, -0.2) is 9.97 Å². The summed E-state index contributed by atoms with van der Waals surface area (Å²) < 4.78 is 0. The number of fused-ring (bicyclic) bond motifs is 3. The number of nitrogens with zero attached hydrogens (tertiary/aromatic N) is 4. The van der Waals surface area contributed by atoms with Crippen LogP contribution in [0.2, 0.25) is 0 Å². The molecule has 2 aliphatic rings. The second kappa shape index (κ2) is 8.04. The van der Waals surface area contributed by atoms with E-state index in [1.807, 2.05) is 59.8 Å². The van der Waals surface area contributed by atoms with Crippen LogP contribution in [-0.2, 0) is 6.54 Å². The summed E-state index contributed by atoms with van der Waals surface area (Å²) in [5.41, 5.74) is 5.53. The van der Waals surface area contributed by atoms with E-state index in [0.717, 1.165) is 54.3 Å². The first-order valence-electron chi connectivity index (χ1n) is 10.1. The van der Waals surface area contributed by atoms with Gasteiger partial charge in [0.2, 0.25) is 5.95 Å². The van der Waals surface area contributed by atoms with Gasteiger partial charge in [-0.05, 0) is 24.3 Å². The Morgan fingerprint density at radius 3 is 2.67 bits per heavy atom. The molecule has 0 saturated carbocycles. The summed E-state index contributed by atoms with van der Waals surface area (Å²) in [4.78, 5) is 28.2. The number of benzene rings is 2. The molecule has 0 radical (unpaired) electrons. The Morgan fingerprint density at radius 2 is 1.83 bits per heavy atom. The fourth-order valence-corrected chi connectivity index (χ4v) is 3.76. The van der Waals surface area contributed by atoms with Gasteiger partial charge in [-0.3, -0.25) is 9.79 Å². The highest BCUT2D eigenvalue weighted by Gasteiger charge is 2.18. The fraction of sp³-hybridized carbons (Fsp3) is 0.217. The van der Waals surface area contributed by atoms with Crippen molar-refractivity contribution in [3.63, 3.8) is 0 Å². The molecule has 0 unspecified atom stereocenters. The van der Waals surface area contributed by atoms with Crippen LogP contribution in [0.4, 0.5) is 11.6 Å². The molecule has 3 heterocycles. The fourth-order valence-electron chi connectivity index (χ4n) is 3.76. The quantitative estimate of drug-likeness (QED) is 0.709. The van der Waals surface area contributed by atoms with E-state index in [4.69, 9.17) is 4.98 Å². The van der Waals surface area contributed by atoms with E-state index in [1.165, 1.54) is 0 Å². The molecular formula is C23H22N6O. The lowest BCUT2D eigenvalue weighted by Gasteiger charge is -2.27. The Morgan fingerprint density at radius 1 is 1.03 bits per heavy atom. The van der Waals surface area contributed by atoms with Gasteiger partial charge in [0, 0.05) is 66.5 Å². The summed E-state index contributed by atoms with van der Waals surface area (Å²) in [5, 5.41) is 6.52. The second-order valence-electron chi connectivity index (χ2n) is 7.37. The highest BCUT2D eigenvalue weighted by Crippen LogP contribution is 2.28. The van der Waals surface area contributed by atoms with E-state index in [0.29, 0.717) is 18.1 Å². The molecule has 1 aromatic heterocycles. The van der Waals surface area contributed by atoms with Crippen LogP contribution < -0.4 is 10.6 Å².